The molecule has 1 aliphatic rings. The van der Waals surface area contributed by atoms with Crippen molar-refractivity contribution in [1.82, 2.24) is 10.6 Å². The molecule has 0 aromatic heterocycles. The van der Waals surface area contributed by atoms with Gasteiger partial charge in [0.15, 0.2) is 0 Å². The van der Waals surface area contributed by atoms with Crippen LogP contribution in [0.25, 0.3) is 0 Å². The highest BCUT2D eigenvalue weighted by molar-refractivity contribution is 5.82. The van der Waals surface area contributed by atoms with Crippen LogP contribution in [0.2, 0.25) is 0 Å². The van der Waals surface area contributed by atoms with E-state index < -0.39 is 0 Å². The quantitative estimate of drug-likeness (QED) is 0.577. The largest absolute Gasteiger partial charge is 0.375 e. The first-order chi connectivity index (χ1) is 6.90. The van der Waals surface area contributed by atoms with Crippen LogP contribution in [0.15, 0.2) is 0 Å². The number of nitrogens with two attached hydrogens (primary N) is 1. The zero-order chi connectivity index (χ0) is 11.5. The molecule has 0 saturated carbocycles. The number of morpholine rings is 1. The van der Waals surface area contributed by atoms with Crippen LogP contribution in [0.3, 0.4) is 0 Å². The van der Waals surface area contributed by atoms with Crippen molar-refractivity contribution in [2.75, 3.05) is 19.7 Å². The van der Waals surface area contributed by atoms with Crippen molar-refractivity contribution in [2.45, 2.75) is 38.5 Å². The van der Waals surface area contributed by atoms with Gasteiger partial charge in [0.1, 0.15) is 6.04 Å². The summed E-state index contributed by atoms with van der Waals surface area (Å²) < 4.78 is 5.39. The summed E-state index contributed by atoms with van der Waals surface area (Å²) in [5.74, 6) is -0.0410. The molecule has 1 saturated heterocycles. The highest BCUT2D eigenvalue weighted by Gasteiger charge is 2.28. The number of ether oxygens (including phenoxy) is 1. The molecule has 1 heterocycles. The predicted octanol–water partition coefficient (Wildman–Crippen LogP) is -0.783. The number of carbonyl (C=O) groups excluding carboxylic acids is 1. The van der Waals surface area contributed by atoms with Crippen LogP contribution in [0.1, 0.15) is 20.8 Å². The second kappa shape index (κ2) is 4.92. The summed E-state index contributed by atoms with van der Waals surface area (Å²) in [6.07, 6.45) is -0.0837. The lowest BCUT2D eigenvalue weighted by Gasteiger charge is -2.30. The van der Waals surface area contributed by atoms with E-state index in [-0.39, 0.29) is 23.6 Å². The molecule has 0 radical (unpaired) electrons. The Balaban J connectivity index is 2.39. The number of carbonyl (C=O) groups is 1. The Morgan fingerprint density at radius 1 is 1.67 bits per heavy atom. The van der Waals surface area contributed by atoms with Crippen molar-refractivity contribution in [1.29, 1.82) is 0 Å². The van der Waals surface area contributed by atoms with Gasteiger partial charge < -0.3 is 21.1 Å². The molecule has 5 nitrogen and oxygen atoms in total. The number of amides is 1. The first-order valence-electron chi connectivity index (χ1n) is 5.32. The highest BCUT2D eigenvalue weighted by atomic mass is 16.5. The van der Waals surface area contributed by atoms with Gasteiger partial charge in [-0.15, -0.1) is 0 Å². The molecule has 0 unspecified atom stereocenters. The Labute approximate surface area is 90.7 Å². The summed E-state index contributed by atoms with van der Waals surface area (Å²) in [4.78, 5) is 11.7. The van der Waals surface area contributed by atoms with Gasteiger partial charge >= 0.3 is 0 Å². The molecule has 1 rings (SSSR count). The zero-order valence-electron chi connectivity index (χ0n) is 9.67. The van der Waals surface area contributed by atoms with Crippen LogP contribution in [-0.2, 0) is 9.53 Å². The summed E-state index contributed by atoms with van der Waals surface area (Å²) in [5.41, 5.74) is 5.40. The minimum atomic E-state index is -0.381. The monoisotopic (exact) mass is 215 g/mol. The third kappa shape index (κ3) is 4.15. The van der Waals surface area contributed by atoms with E-state index in [1.165, 1.54) is 0 Å². The van der Waals surface area contributed by atoms with Crippen LogP contribution >= 0.6 is 0 Å². The second-order valence-corrected chi connectivity index (χ2v) is 4.71. The number of hydrogen-bond acceptors (Lipinski definition) is 4. The van der Waals surface area contributed by atoms with Crippen LogP contribution in [-0.4, -0.2) is 43.3 Å². The fourth-order valence-electron chi connectivity index (χ4n) is 1.45. The molecule has 0 aromatic rings. The van der Waals surface area contributed by atoms with Crippen molar-refractivity contribution in [3.8, 4) is 0 Å². The SMILES string of the molecule is C[C@H]1OCCN[C@@H]1C(=O)NCC(C)(C)N. The third-order valence-electron chi connectivity index (χ3n) is 2.32. The molecule has 1 fully saturated rings. The molecule has 5 heteroatoms. The number of hydrogen-bond donors (Lipinski definition) is 3. The standard InChI is InChI=1S/C10H21N3O2/c1-7-8(12-4-5-15-7)9(14)13-6-10(2,3)11/h7-8,12H,4-6,11H2,1-3H3,(H,13,14)/t7-,8+/m1/s1. The average Bonchev–Trinajstić information content (AvgIpc) is 2.14. The third-order valence-corrected chi connectivity index (χ3v) is 2.32. The van der Waals surface area contributed by atoms with E-state index in [2.05, 4.69) is 10.6 Å². The Kier molecular flexibility index (Phi) is 4.07. The topological polar surface area (TPSA) is 76.4 Å². The van der Waals surface area contributed by atoms with Gasteiger partial charge in [0, 0.05) is 18.6 Å². The van der Waals surface area contributed by atoms with E-state index in [1.54, 1.807) is 0 Å². The van der Waals surface area contributed by atoms with Gasteiger partial charge in [-0.2, -0.15) is 0 Å². The van der Waals surface area contributed by atoms with Gasteiger partial charge in [-0.3, -0.25) is 4.79 Å². The maximum absolute atomic E-state index is 11.7. The summed E-state index contributed by atoms with van der Waals surface area (Å²) in [6.45, 7) is 7.49. The Bertz CT molecular complexity index is 225. The lowest BCUT2D eigenvalue weighted by molar-refractivity contribution is -0.129. The molecule has 0 spiro atoms. The van der Waals surface area contributed by atoms with Crippen LogP contribution < -0.4 is 16.4 Å². The van der Waals surface area contributed by atoms with Crippen molar-refractivity contribution in [2.24, 2.45) is 5.73 Å². The van der Waals surface area contributed by atoms with E-state index in [0.29, 0.717) is 19.7 Å². The lowest BCUT2D eigenvalue weighted by atomic mass is 10.1. The van der Waals surface area contributed by atoms with Gasteiger partial charge in [0.25, 0.3) is 0 Å². The summed E-state index contributed by atoms with van der Waals surface area (Å²) in [6, 6.07) is -0.263. The van der Waals surface area contributed by atoms with Crippen LogP contribution in [0, 0.1) is 0 Å². The van der Waals surface area contributed by atoms with Gasteiger partial charge in [-0.1, -0.05) is 0 Å². The first kappa shape index (κ1) is 12.4. The summed E-state index contributed by atoms with van der Waals surface area (Å²) in [7, 11) is 0. The molecular weight excluding hydrogens is 194 g/mol. The van der Waals surface area contributed by atoms with E-state index in [4.69, 9.17) is 10.5 Å². The van der Waals surface area contributed by atoms with Gasteiger partial charge in [-0.05, 0) is 20.8 Å². The molecule has 2 atom stereocenters. The molecular formula is C10H21N3O2. The smallest absolute Gasteiger partial charge is 0.239 e. The van der Waals surface area contributed by atoms with Gasteiger partial charge in [0.2, 0.25) is 5.91 Å². The van der Waals surface area contributed by atoms with Crippen LogP contribution in [0.4, 0.5) is 0 Å². The average molecular weight is 215 g/mol. The summed E-state index contributed by atoms with van der Waals surface area (Å²) >= 11 is 0. The highest BCUT2D eigenvalue weighted by Crippen LogP contribution is 2.04. The second-order valence-electron chi connectivity index (χ2n) is 4.71. The molecule has 1 aliphatic heterocycles. The van der Waals surface area contributed by atoms with E-state index in [0.717, 1.165) is 0 Å². The van der Waals surface area contributed by atoms with Gasteiger partial charge in [0.05, 0.1) is 12.7 Å². The molecule has 0 aromatic carbocycles. The maximum Gasteiger partial charge on any atom is 0.239 e. The minimum absolute atomic E-state index is 0.0410. The first-order valence-corrected chi connectivity index (χ1v) is 5.32. The minimum Gasteiger partial charge on any atom is -0.375 e. The zero-order valence-corrected chi connectivity index (χ0v) is 9.67. The molecule has 0 aliphatic carbocycles. The van der Waals surface area contributed by atoms with E-state index >= 15 is 0 Å². The van der Waals surface area contributed by atoms with E-state index in [9.17, 15) is 4.79 Å². The number of rotatable bonds is 3. The lowest BCUT2D eigenvalue weighted by Crippen LogP contribution is -2.57. The molecule has 88 valence electrons. The molecule has 4 N–H and O–H groups in total. The summed E-state index contributed by atoms with van der Waals surface area (Å²) in [5, 5.41) is 5.94. The Hall–Kier alpha value is -0.650. The van der Waals surface area contributed by atoms with Crippen LogP contribution in [0.5, 0.6) is 0 Å². The normalized spacial score (nSPS) is 27.5. The van der Waals surface area contributed by atoms with Crippen molar-refractivity contribution in [3.05, 3.63) is 0 Å². The maximum atomic E-state index is 11.7. The van der Waals surface area contributed by atoms with E-state index in [1.807, 2.05) is 20.8 Å². The van der Waals surface area contributed by atoms with Crippen molar-refractivity contribution in [3.63, 3.8) is 0 Å². The molecule has 15 heavy (non-hydrogen) atoms. The molecule has 0 bridgehead atoms. The fraction of sp³-hybridized carbons (Fsp3) is 0.900. The predicted molar refractivity (Wildman–Crippen MR) is 58.5 cm³/mol. The fourth-order valence-corrected chi connectivity index (χ4v) is 1.45. The Morgan fingerprint density at radius 2 is 2.33 bits per heavy atom. The van der Waals surface area contributed by atoms with Crippen molar-refractivity contribution >= 4 is 5.91 Å². The van der Waals surface area contributed by atoms with Crippen molar-refractivity contribution < 1.29 is 9.53 Å². The molecule has 1 amide bonds. The Morgan fingerprint density at radius 3 is 2.87 bits per heavy atom. The number of nitrogens with one attached hydrogen (secondary N) is 2. The van der Waals surface area contributed by atoms with Gasteiger partial charge in [-0.25, -0.2) is 0 Å².